The molecule has 0 fully saturated rings. The Morgan fingerprint density at radius 3 is 2.60 bits per heavy atom. The molecule has 2 N–H and O–H groups in total. The van der Waals surface area contributed by atoms with Crippen LogP contribution in [0.4, 0.5) is 0 Å². The third-order valence-electron chi connectivity index (χ3n) is 4.36. The maximum Gasteiger partial charge on any atom is 0.191 e. The number of aryl methyl sites for hydroxylation is 1. The molecule has 0 atom stereocenters. The molecule has 1 heterocycles. The van der Waals surface area contributed by atoms with Crippen LogP contribution in [-0.2, 0) is 19.5 Å². The van der Waals surface area contributed by atoms with E-state index in [-0.39, 0.29) is 24.0 Å². The van der Waals surface area contributed by atoms with Gasteiger partial charge < -0.3 is 24.8 Å². The van der Waals surface area contributed by atoms with E-state index in [1.165, 1.54) is 0 Å². The lowest BCUT2D eigenvalue weighted by molar-refractivity contribution is 0.281. The Morgan fingerprint density at radius 2 is 1.93 bits per heavy atom. The van der Waals surface area contributed by atoms with Gasteiger partial charge in [-0.3, -0.25) is 0 Å². The van der Waals surface area contributed by atoms with Crippen LogP contribution in [-0.4, -0.2) is 66.0 Å². The summed E-state index contributed by atoms with van der Waals surface area (Å²) in [5, 5.41) is 14.7. The first kappa shape index (κ1) is 26.2. The molecule has 8 nitrogen and oxygen atoms in total. The van der Waals surface area contributed by atoms with Gasteiger partial charge in [0, 0.05) is 32.6 Å². The molecule has 2 rings (SSSR count). The highest BCUT2D eigenvalue weighted by Crippen LogP contribution is 2.13. The fraction of sp³-hybridized carbons (Fsp3) is 0.571. The van der Waals surface area contributed by atoms with Crippen LogP contribution in [0.2, 0.25) is 0 Å². The number of aromatic nitrogens is 3. The van der Waals surface area contributed by atoms with Crippen molar-refractivity contribution in [1.82, 2.24) is 30.3 Å². The molecule has 0 saturated carbocycles. The van der Waals surface area contributed by atoms with Gasteiger partial charge in [-0.2, -0.15) is 0 Å². The second kappa shape index (κ2) is 15.0. The second-order valence-electron chi connectivity index (χ2n) is 7.07. The van der Waals surface area contributed by atoms with Gasteiger partial charge in [0.05, 0.1) is 13.2 Å². The SMILES string of the molecule is CCNC(=NCc1ccc(OCCCN(C)C)cc1)NCCn1cnnc1CC.I. The molecule has 0 aliphatic rings. The number of aliphatic imine (C=N–C) groups is 1. The first-order valence-corrected chi connectivity index (χ1v) is 10.4. The highest BCUT2D eigenvalue weighted by atomic mass is 127. The summed E-state index contributed by atoms with van der Waals surface area (Å²) < 4.78 is 7.85. The Balaban J connectivity index is 0.00000450. The number of rotatable bonds is 12. The monoisotopic (exact) mass is 529 g/mol. The van der Waals surface area contributed by atoms with E-state index in [9.17, 15) is 0 Å². The maximum absolute atomic E-state index is 5.78. The molecule has 0 unspecified atom stereocenters. The average molecular weight is 529 g/mol. The highest BCUT2D eigenvalue weighted by molar-refractivity contribution is 14.0. The predicted molar refractivity (Wildman–Crippen MR) is 133 cm³/mol. The van der Waals surface area contributed by atoms with E-state index in [2.05, 4.69) is 75.4 Å². The first-order chi connectivity index (χ1) is 14.1. The Kier molecular flexibility index (Phi) is 13.1. The highest BCUT2D eigenvalue weighted by Gasteiger charge is 2.03. The van der Waals surface area contributed by atoms with E-state index in [0.717, 1.165) is 68.7 Å². The lowest BCUT2D eigenvalue weighted by Gasteiger charge is -2.12. The molecule has 30 heavy (non-hydrogen) atoms. The van der Waals surface area contributed by atoms with Gasteiger partial charge in [-0.25, -0.2) is 4.99 Å². The number of benzene rings is 1. The minimum atomic E-state index is 0. The average Bonchev–Trinajstić information content (AvgIpc) is 3.17. The molecule has 0 aliphatic heterocycles. The zero-order valence-corrected chi connectivity index (χ0v) is 20.9. The quantitative estimate of drug-likeness (QED) is 0.191. The van der Waals surface area contributed by atoms with Gasteiger partial charge in [0.25, 0.3) is 0 Å². The second-order valence-corrected chi connectivity index (χ2v) is 7.07. The number of hydrogen-bond acceptors (Lipinski definition) is 5. The van der Waals surface area contributed by atoms with Crippen LogP contribution in [0.15, 0.2) is 35.6 Å². The fourth-order valence-electron chi connectivity index (χ4n) is 2.81. The molecule has 2 aromatic rings. The van der Waals surface area contributed by atoms with Crippen LogP contribution < -0.4 is 15.4 Å². The number of nitrogens with zero attached hydrogens (tertiary/aromatic N) is 5. The molecule has 0 spiro atoms. The number of guanidine groups is 1. The van der Waals surface area contributed by atoms with E-state index in [1.54, 1.807) is 6.33 Å². The molecule has 9 heteroatoms. The Labute approximate surface area is 197 Å². The summed E-state index contributed by atoms with van der Waals surface area (Å²) in [7, 11) is 4.15. The van der Waals surface area contributed by atoms with Crippen molar-refractivity contribution in [3.63, 3.8) is 0 Å². The third-order valence-corrected chi connectivity index (χ3v) is 4.36. The summed E-state index contributed by atoms with van der Waals surface area (Å²) in [6.45, 7) is 8.91. The van der Waals surface area contributed by atoms with Gasteiger partial charge in [0.2, 0.25) is 0 Å². The number of nitrogens with one attached hydrogen (secondary N) is 2. The Hall–Kier alpha value is -1.88. The van der Waals surface area contributed by atoms with E-state index in [1.807, 2.05) is 12.1 Å². The summed E-state index contributed by atoms with van der Waals surface area (Å²) in [5.74, 6) is 2.71. The Morgan fingerprint density at radius 1 is 1.17 bits per heavy atom. The van der Waals surface area contributed by atoms with Crippen LogP contribution in [0.25, 0.3) is 0 Å². The van der Waals surface area contributed by atoms with Crippen LogP contribution >= 0.6 is 24.0 Å². The zero-order valence-electron chi connectivity index (χ0n) is 18.6. The third kappa shape index (κ3) is 9.75. The first-order valence-electron chi connectivity index (χ1n) is 10.4. The summed E-state index contributed by atoms with van der Waals surface area (Å²) in [6.07, 6.45) is 3.67. The standard InChI is InChI=1S/C21H35N7O.HI/c1-5-20-26-25-17-28(20)14-12-23-21(22-6-2)24-16-18-8-10-19(11-9-18)29-15-7-13-27(3)4;/h8-11,17H,5-7,12-16H2,1-4H3,(H2,22,23,24);1H. The van der Waals surface area contributed by atoms with E-state index >= 15 is 0 Å². The summed E-state index contributed by atoms with van der Waals surface area (Å²) in [6, 6.07) is 8.16. The van der Waals surface area contributed by atoms with Crippen LogP contribution in [0.5, 0.6) is 5.75 Å². The van der Waals surface area contributed by atoms with Gasteiger partial charge in [0.1, 0.15) is 17.9 Å². The van der Waals surface area contributed by atoms with Crippen LogP contribution in [0.1, 0.15) is 31.7 Å². The molecule has 0 radical (unpaired) electrons. The van der Waals surface area contributed by atoms with Crippen LogP contribution in [0.3, 0.4) is 0 Å². The van der Waals surface area contributed by atoms with Crippen molar-refractivity contribution in [2.75, 3.05) is 40.3 Å². The van der Waals surface area contributed by atoms with Crippen molar-refractivity contribution in [2.45, 2.75) is 39.8 Å². The van der Waals surface area contributed by atoms with Crippen molar-refractivity contribution in [3.05, 3.63) is 42.0 Å². The van der Waals surface area contributed by atoms with E-state index in [0.29, 0.717) is 6.54 Å². The predicted octanol–water partition coefficient (Wildman–Crippen LogP) is 2.54. The topological polar surface area (TPSA) is 79.6 Å². The molecule has 0 amide bonds. The minimum Gasteiger partial charge on any atom is -0.494 e. The van der Waals surface area contributed by atoms with Gasteiger partial charge in [-0.15, -0.1) is 34.2 Å². The lowest BCUT2D eigenvalue weighted by Crippen LogP contribution is -2.38. The van der Waals surface area contributed by atoms with Gasteiger partial charge >= 0.3 is 0 Å². The molecule has 168 valence electrons. The molecule has 0 bridgehead atoms. The lowest BCUT2D eigenvalue weighted by atomic mass is 10.2. The van der Waals surface area contributed by atoms with Crippen LogP contribution in [0, 0.1) is 0 Å². The zero-order chi connectivity index (χ0) is 20.9. The molecule has 1 aromatic carbocycles. The van der Waals surface area contributed by atoms with Gasteiger partial charge in [-0.1, -0.05) is 19.1 Å². The van der Waals surface area contributed by atoms with Crippen molar-refractivity contribution in [1.29, 1.82) is 0 Å². The maximum atomic E-state index is 5.78. The van der Waals surface area contributed by atoms with E-state index < -0.39 is 0 Å². The minimum absolute atomic E-state index is 0. The number of hydrogen-bond donors (Lipinski definition) is 2. The molecular weight excluding hydrogens is 493 g/mol. The summed E-state index contributed by atoms with van der Waals surface area (Å²) in [4.78, 5) is 6.84. The van der Waals surface area contributed by atoms with Crippen molar-refractivity contribution < 1.29 is 4.74 Å². The van der Waals surface area contributed by atoms with Crippen molar-refractivity contribution in [2.24, 2.45) is 4.99 Å². The number of halogens is 1. The molecule has 1 aromatic heterocycles. The van der Waals surface area contributed by atoms with Gasteiger partial charge in [-0.05, 0) is 45.1 Å². The fourth-order valence-corrected chi connectivity index (χ4v) is 2.81. The Bertz CT molecular complexity index is 731. The normalized spacial score (nSPS) is 11.3. The number of ether oxygens (including phenoxy) is 1. The summed E-state index contributed by atoms with van der Waals surface area (Å²) in [5.41, 5.74) is 1.15. The molecule has 0 saturated heterocycles. The van der Waals surface area contributed by atoms with Crippen molar-refractivity contribution in [3.8, 4) is 5.75 Å². The van der Waals surface area contributed by atoms with Gasteiger partial charge in [0.15, 0.2) is 5.96 Å². The largest absolute Gasteiger partial charge is 0.494 e. The summed E-state index contributed by atoms with van der Waals surface area (Å²) >= 11 is 0. The molecule has 0 aliphatic carbocycles. The van der Waals surface area contributed by atoms with Crippen molar-refractivity contribution >= 4 is 29.9 Å². The smallest absolute Gasteiger partial charge is 0.191 e. The van der Waals surface area contributed by atoms with E-state index in [4.69, 9.17) is 4.74 Å². The molecular formula is C21H36IN7O.